The lowest BCUT2D eigenvalue weighted by molar-refractivity contribution is -0.131. The molecule has 0 unspecified atom stereocenters. The van der Waals surface area contributed by atoms with Crippen LogP contribution in [0.4, 0.5) is 0 Å². The van der Waals surface area contributed by atoms with Crippen LogP contribution in [0.3, 0.4) is 0 Å². The van der Waals surface area contributed by atoms with Crippen molar-refractivity contribution in [3.05, 3.63) is 22.2 Å². The number of fused-ring (bicyclic) bond motifs is 1. The fourth-order valence-electron chi connectivity index (χ4n) is 1.22. The molecular formula is C9H5BrO5. The number of aliphatic carboxylic acids is 1. The van der Waals surface area contributed by atoms with Crippen LogP contribution in [0.25, 0.3) is 0 Å². The van der Waals surface area contributed by atoms with Crippen molar-refractivity contribution in [3.63, 3.8) is 0 Å². The van der Waals surface area contributed by atoms with Crippen LogP contribution in [0.1, 0.15) is 10.4 Å². The first kappa shape index (κ1) is 9.97. The van der Waals surface area contributed by atoms with Crippen LogP contribution in [-0.2, 0) is 4.79 Å². The zero-order valence-electron chi connectivity index (χ0n) is 7.32. The highest BCUT2D eigenvalue weighted by Gasteiger charge is 2.22. The SMILES string of the molecule is O=C(O)C(=O)c1cc(Br)c2c(c1)OCO2. The molecule has 0 fully saturated rings. The highest BCUT2D eigenvalue weighted by Crippen LogP contribution is 2.39. The number of benzene rings is 1. The maximum atomic E-state index is 11.2. The second kappa shape index (κ2) is 3.54. The van der Waals surface area contributed by atoms with Gasteiger partial charge in [0.05, 0.1) is 4.47 Å². The average molecular weight is 273 g/mol. The van der Waals surface area contributed by atoms with Crippen LogP contribution in [-0.4, -0.2) is 23.7 Å². The summed E-state index contributed by atoms with van der Waals surface area (Å²) in [5.41, 5.74) is 0.0543. The summed E-state index contributed by atoms with van der Waals surface area (Å²) in [6.45, 7) is 0.0681. The number of halogens is 1. The van der Waals surface area contributed by atoms with Crippen molar-refractivity contribution in [3.8, 4) is 11.5 Å². The van der Waals surface area contributed by atoms with E-state index in [0.29, 0.717) is 16.0 Å². The van der Waals surface area contributed by atoms with Gasteiger partial charge in [0.2, 0.25) is 6.79 Å². The van der Waals surface area contributed by atoms with Gasteiger partial charge in [0.25, 0.3) is 5.78 Å². The van der Waals surface area contributed by atoms with Crippen LogP contribution >= 0.6 is 15.9 Å². The molecule has 0 aliphatic carbocycles. The summed E-state index contributed by atoms with van der Waals surface area (Å²) < 4.78 is 10.7. The molecule has 1 N–H and O–H groups in total. The lowest BCUT2D eigenvalue weighted by Gasteiger charge is -2.01. The third-order valence-corrected chi connectivity index (χ3v) is 2.47. The molecule has 0 saturated carbocycles. The van der Waals surface area contributed by atoms with Crippen LogP contribution in [0.5, 0.6) is 11.5 Å². The third kappa shape index (κ3) is 1.68. The normalized spacial score (nSPS) is 12.6. The largest absolute Gasteiger partial charge is 0.475 e. The van der Waals surface area contributed by atoms with Gasteiger partial charge in [-0.15, -0.1) is 0 Å². The van der Waals surface area contributed by atoms with Crippen LogP contribution in [0.2, 0.25) is 0 Å². The zero-order valence-corrected chi connectivity index (χ0v) is 8.91. The Balaban J connectivity index is 2.48. The minimum absolute atomic E-state index is 0.0543. The molecule has 0 amide bonds. The number of Topliss-reactive ketones (excluding diaryl/α,β-unsaturated/α-hetero) is 1. The highest BCUT2D eigenvalue weighted by atomic mass is 79.9. The summed E-state index contributed by atoms with van der Waals surface area (Å²) in [4.78, 5) is 21.7. The van der Waals surface area contributed by atoms with Crippen LogP contribution < -0.4 is 9.47 Å². The van der Waals surface area contributed by atoms with E-state index in [-0.39, 0.29) is 12.4 Å². The van der Waals surface area contributed by atoms with Gasteiger partial charge in [-0.05, 0) is 28.1 Å². The summed E-state index contributed by atoms with van der Waals surface area (Å²) in [5, 5.41) is 8.54. The number of carboxylic acids is 1. The van der Waals surface area contributed by atoms with Crippen molar-refractivity contribution in [2.75, 3.05) is 6.79 Å². The highest BCUT2D eigenvalue weighted by molar-refractivity contribution is 9.10. The first-order valence-corrected chi connectivity index (χ1v) is 4.75. The van der Waals surface area contributed by atoms with Crippen molar-refractivity contribution in [2.45, 2.75) is 0 Å². The fourth-order valence-corrected chi connectivity index (χ4v) is 1.78. The molecule has 0 atom stereocenters. The first-order valence-electron chi connectivity index (χ1n) is 3.96. The van der Waals surface area contributed by atoms with Crippen molar-refractivity contribution < 1.29 is 24.2 Å². The summed E-state index contributed by atoms with van der Waals surface area (Å²) in [6.07, 6.45) is 0. The summed E-state index contributed by atoms with van der Waals surface area (Å²) in [7, 11) is 0. The van der Waals surface area contributed by atoms with Crippen molar-refractivity contribution in [2.24, 2.45) is 0 Å². The van der Waals surface area contributed by atoms with Gasteiger partial charge < -0.3 is 14.6 Å². The molecule has 0 radical (unpaired) electrons. The molecule has 0 spiro atoms. The lowest BCUT2D eigenvalue weighted by atomic mass is 10.1. The zero-order chi connectivity index (χ0) is 11.0. The molecule has 0 saturated heterocycles. The Bertz CT molecular complexity index is 454. The van der Waals surface area contributed by atoms with Gasteiger partial charge in [-0.2, -0.15) is 0 Å². The topological polar surface area (TPSA) is 72.8 Å². The Morgan fingerprint density at radius 1 is 1.33 bits per heavy atom. The van der Waals surface area contributed by atoms with Gasteiger partial charge in [-0.3, -0.25) is 4.79 Å². The average Bonchev–Trinajstić information content (AvgIpc) is 2.64. The van der Waals surface area contributed by atoms with Crippen molar-refractivity contribution >= 4 is 27.7 Å². The van der Waals surface area contributed by atoms with Crippen molar-refractivity contribution in [1.29, 1.82) is 0 Å². The first-order chi connectivity index (χ1) is 7.09. The summed E-state index contributed by atoms with van der Waals surface area (Å²) in [6, 6.07) is 2.74. The number of ketones is 1. The van der Waals surface area contributed by atoms with Gasteiger partial charge in [0.15, 0.2) is 11.5 Å². The van der Waals surface area contributed by atoms with E-state index in [1.165, 1.54) is 12.1 Å². The van der Waals surface area contributed by atoms with Gasteiger partial charge in [0, 0.05) is 5.56 Å². The quantitative estimate of drug-likeness (QED) is 0.652. The van der Waals surface area contributed by atoms with E-state index in [2.05, 4.69) is 15.9 Å². The maximum absolute atomic E-state index is 11.2. The van der Waals surface area contributed by atoms with Gasteiger partial charge in [-0.25, -0.2) is 4.79 Å². The minimum atomic E-state index is -1.50. The Labute approximate surface area is 92.7 Å². The van der Waals surface area contributed by atoms with Crippen LogP contribution in [0.15, 0.2) is 16.6 Å². The summed E-state index contributed by atoms with van der Waals surface area (Å²) in [5.74, 6) is -1.62. The Morgan fingerprint density at radius 2 is 2.07 bits per heavy atom. The summed E-state index contributed by atoms with van der Waals surface area (Å²) >= 11 is 3.17. The van der Waals surface area contributed by atoms with Gasteiger partial charge in [-0.1, -0.05) is 0 Å². The molecule has 0 aromatic heterocycles. The molecule has 6 heteroatoms. The molecule has 2 rings (SSSR count). The monoisotopic (exact) mass is 272 g/mol. The lowest BCUT2D eigenvalue weighted by Crippen LogP contribution is -2.12. The molecular weight excluding hydrogens is 268 g/mol. The van der Waals surface area contributed by atoms with Gasteiger partial charge in [0.1, 0.15) is 0 Å². The van der Waals surface area contributed by atoms with E-state index in [1.54, 1.807) is 0 Å². The molecule has 5 nitrogen and oxygen atoms in total. The third-order valence-electron chi connectivity index (χ3n) is 1.88. The van der Waals surface area contributed by atoms with Gasteiger partial charge >= 0.3 is 5.97 Å². The number of rotatable bonds is 2. The predicted molar refractivity (Wildman–Crippen MR) is 52.2 cm³/mol. The number of carbonyl (C=O) groups is 2. The van der Waals surface area contributed by atoms with E-state index in [9.17, 15) is 9.59 Å². The number of hydrogen-bond acceptors (Lipinski definition) is 4. The predicted octanol–water partition coefficient (Wildman–Crippen LogP) is 1.45. The van der Waals surface area contributed by atoms with E-state index in [4.69, 9.17) is 14.6 Å². The maximum Gasteiger partial charge on any atom is 0.377 e. The molecule has 1 aliphatic rings. The number of carboxylic acid groups (broad SMARTS) is 1. The Morgan fingerprint density at radius 3 is 2.73 bits per heavy atom. The molecule has 1 aromatic carbocycles. The standard InChI is InChI=1S/C9H5BrO5/c10-5-1-4(7(11)9(12)13)2-6-8(5)15-3-14-6/h1-2H,3H2,(H,12,13). The smallest absolute Gasteiger partial charge is 0.377 e. The minimum Gasteiger partial charge on any atom is -0.475 e. The second-order valence-electron chi connectivity index (χ2n) is 2.83. The van der Waals surface area contributed by atoms with E-state index in [0.717, 1.165) is 0 Å². The number of hydrogen-bond donors (Lipinski definition) is 1. The van der Waals surface area contributed by atoms with Crippen molar-refractivity contribution in [1.82, 2.24) is 0 Å². The molecule has 15 heavy (non-hydrogen) atoms. The molecule has 0 bridgehead atoms. The second-order valence-corrected chi connectivity index (χ2v) is 3.68. The number of ether oxygens (including phenoxy) is 2. The molecule has 1 aromatic rings. The van der Waals surface area contributed by atoms with Crippen LogP contribution in [0, 0.1) is 0 Å². The van der Waals surface area contributed by atoms with E-state index in [1.807, 2.05) is 0 Å². The number of carbonyl (C=O) groups excluding carboxylic acids is 1. The van der Waals surface area contributed by atoms with E-state index < -0.39 is 11.8 Å². The fraction of sp³-hybridized carbons (Fsp3) is 0.111. The van der Waals surface area contributed by atoms with E-state index >= 15 is 0 Å². The molecule has 1 aliphatic heterocycles. The molecule has 1 heterocycles. The Kier molecular flexibility index (Phi) is 2.36. The Hall–Kier alpha value is -1.56. The molecule has 78 valence electrons.